The van der Waals surface area contributed by atoms with E-state index < -0.39 is 24.7 Å². The minimum atomic E-state index is -4.22. The molecule has 1 heterocycles. The Labute approximate surface area is 113 Å². The van der Waals surface area contributed by atoms with Gasteiger partial charge in [0.25, 0.3) is 9.05 Å². The molecule has 1 aromatic rings. The zero-order valence-electron chi connectivity index (χ0n) is 9.61. The molecule has 0 unspecified atom stereocenters. The van der Waals surface area contributed by atoms with Crippen molar-refractivity contribution < 1.29 is 13.3 Å². The molecule has 1 aliphatic carbocycles. The minimum Gasteiger partial charge on any atom is -0.358 e. The summed E-state index contributed by atoms with van der Waals surface area (Å²) in [7, 11) is 0.908. The van der Waals surface area contributed by atoms with Crippen LogP contribution in [0.3, 0.4) is 0 Å². The van der Waals surface area contributed by atoms with Gasteiger partial charge in [0.2, 0.25) is 4.90 Å². The van der Waals surface area contributed by atoms with Gasteiger partial charge in [-0.05, 0) is 17.8 Å². The van der Waals surface area contributed by atoms with E-state index in [4.69, 9.17) is 15.9 Å². The Balaban J connectivity index is 2.35. The predicted octanol–water partition coefficient (Wildman–Crippen LogP) is 1.41. The second-order valence-corrected chi connectivity index (χ2v) is 7.08. The van der Waals surface area contributed by atoms with Crippen LogP contribution in [0.4, 0.5) is 5.82 Å². The van der Waals surface area contributed by atoms with Crippen LogP contribution in [0.25, 0.3) is 0 Å². The maximum absolute atomic E-state index is 11.2. The summed E-state index contributed by atoms with van der Waals surface area (Å²) in [6.07, 6.45) is 2.98. The number of nitro groups is 1. The third-order valence-electron chi connectivity index (χ3n) is 3.05. The lowest BCUT2D eigenvalue weighted by Gasteiger charge is -2.06. The summed E-state index contributed by atoms with van der Waals surface area (Å²) in [4.78, 5) is 9.23. The van der Waals surface area contributed by atoms with E-state index >= 15 is 0 Å². The van der Waals surface area contributed by atoms with Crippen molar-refractivity contribution in [1.82, 2.24) is 9.78 Å². The van der Waals surface area contributed by atoms with E-state index in [1.165, 1.54) is 4.68 Å². The number of nitrogens with zero attached hydrogens (tertiary/aromatic N) is 4. The van der Waals surface area contributed by atoms with Gasteiger partial charge in [-0.2, -0.15) is 9.94 Å². The highest BCUT2D eigenvalue weighted by Gasteiger charge is 2.44. The third kappa shape index (κ3) is 2.85. The van der Waals surface area contributed by atoms with Crippen molar-refractivity contribution in [2.45, 2.75) is 30.7 Å². The molecule has 2 rings (SSSR count). The molecule has 19 heavy (non-hydrogen) atoms. The van der Waals surface area contributed by atoms with Crippen LogP contribution in [0.2, 0.25) is 0 Å². The molecule has 0 aliphatic heterocycles. The van der Waals surface area contributed by atoms with Crippen LogP contribution in [-0.2, 0) is 15.6 Å². The van der Waals surface area contributed by atoms with Crippen LogP contribution >= 0.6 is 10.7 Å². The quantitative estimate of drug-likeness (QED) is 0.461. The fraction of sp³-hybridized carbons (Fsp3) is 0.556. The zero-order chi connectivity index (χ0) is 14.3. The van der Waals surface area contributed by atoms with Gasteiger partial charge < -0.3 is 10.1 Å². The van der Waals surface area contributed by atoms with E-state index in [9.17, 15) is 18.5 Å². The van der Waals surface area contributed by atoms with Crippen molar-refractivity contribution in [3.63, 3.8) is 0 Å². The molecule has 102 valence electrons. The molecule has 1 saturated carbocycles. The van der Waals surface area contributed by atoms with E-state index in [1.807, 2.05) is 6.07 Å². The topological polar surface area (TPSA) is 119 Å². The molecule has 0 bridgehead atoms. The van der Waals surface area contributed by atoms with Gasteiger partial charge in [0.15, 0.2) is 0 Å². The van der Waals surface area contributed by atoms with E-state index in [0.29, 0.717) is 6.42 Å². The molecule has 0 saturated heterocycles. The lowest BCUT2D eigenvalue weighted by molar-refractivity contribution is -0.392. The second-order valence-electron chi connectivity index (χ2n) is 4.54. The van der Waals surface area contributed by atoms with Crippen molar-refractivity contribution in [3.05, 3.63) is 16.3 Å². The highest BCUT2D eigenvalue weighted by atomic mass is 35.7. The summed E-state index contributed by atoms with van der Waals surface area (Å²) in [5.74, 6) is -0.789. The molecule has 0 aromatic carbocycles. The van der Waals surface area contributed by atoms with Gasteiger partial charge in [-0.3, -0.25) is 0 Å². The van der Waals surface area contributed by atoms with Crippen LogP contribution in [0.5, 0.6) is 0 Å². The number of rotatable bonds is 5. The maximum atomic E-state index is 11.2. The Morgan fingerprint density at radius 3 is 2.63 bits per heavy atom. The lowest BCUT2D eigenvalue weighted by atomic mass is 10.0. The summed E-state index contributed by atoms with van der Waals surface area (Å²) >= 11 is 0. The van der Waals surface area contributed by atoms with Crippen LogP contribution in [0.15, 0.2) is 11.1 Å². The Kier molecular flexibility index (Phi) is 3.24. The van der Waals surface area contributed by atoms with Gasteiger partial charge in [0.1, 0.15) is 0 Å². The minimum absolute atomic E-state index is 0.248. The molecule has 0 atom stereocenters. The monoisotopic (exact) mass is 304 g/mol. The molecule has 0 radical (unpaired) electrons. The molecule has 0 spiro atoms. The maximum Gasteiger partial charge on any atom is 0.410 e. The molecular weight excluding hydrogens is 296 g/mol. The average Bonchev–Trinajstić information content (AvgIpc) is 2.87. The van der Waals surface area contributed by atoms with E-state index in [-0.39, 0.29) is 12.0 Å². The lowest BCUT2D eigenvalue weighted by Crippen LogP contribution is -2.11. The first-order valence-electron chi connectivity index (χ1n) is 5.31. The van der Waals surface area contributed by atoms with E-state index in [2.05, 4.69) is 5.10 Å². The molecule has 0 N–H and O–H groups in total. The van der Waals surface area contributed by atoms with Gasteiger partial charge in [0.05, 0.1) is 23.9 Å². The van der Waals surface area contributed by atoms with Crippen molar-refractivity contribution in [3.8, 4) is 6.07 Å². The van der Waals surface area contributed by atoms with Gasteiger partial charge in [-0.1, -0.05) is 0 Å². The van der Waals surface area contributed by atoms with Crippen molar-refractivity contribution in [2.24, 2.45) is 5.41 Å². The summed E-state index contributed by atoms with van der Waals surface area (Å²) in [5.41, 5.74) is -0.248. The molecule has 1 aliphatic rings. The van der Waals surface area contributed by atoms with Crippen molar-refractivity contribution >= 4 is 25.6 Å². The average molecular weight is 305 g/mol. The number of hydrogen-bond acceptors (Lipinski definition) is 6. The number of hydrogen-bond donors (Lipinski definition) is 0. The molecule has 10 heteroatoms. The summed E-state index contributed by atoms with van der Waals surface area (Å²) in [5, 5.41) is 23.1. The van der Waals surface area contributed by atoms with Gasteiger partial charge >= 0.3 is 5.82 Å². The number of aromatic nitrogens is 2. The Morgan fingerprint density at radius 2 is 2.26 bits per heavy atom. The van der Waals surface area contributed by atoms with Crippen LogP contribution in [-0.4, -0.2) is 23.1 Å². The summed E-state index contributed by atoms with van der Waals surface area (Å²) < 4.78 is 23.6. The number of halogens is 1. The highest BCUT2D eigenvalue weighted by Crippen LogP contribution is 2.50. The van der Waals surface area contributed by atoms with E-state index in [1.54, 1.807) is 0 Å². The molecular formula is C9H9ClN4O4S. The molecule has 1 aromatic heterocycles. The van der Waals surface area contributed by atoms with E-state index in [0.717, 1.165) is 19.0 Å². The predicted molar refractivity (Wildman–Crippen MR) is 63.8 cm³/mol. The smallest absolute Gasteiger partial charge is 0.358 e. The fourth-order valence-electron chi connectivity index (χ4n) is 1.85. The number of nitriles is 1. The first kappa shape index (κ1) is 13.8. The first-order chi connectivity index (χ1) is 8.77. The van der Waals surface area contributed by atoms with Crippen molar-refractivity contribution in [1.29, 1.82) is 5.26 Å². The molecule has 1 fully saturated rings. The highest BCUT2D eigenvalue weighted by molar-refractivity contribution is 8.13. The fourth-order valence-corrected chi connectivity index (χ4v) is 2.76. The summed E-state index contributed by atoms with van der Waals surface area (Å²) in [6.45, 7) is 0.272. The van der Waals surface area contributed by atoms with Gasteiger partial charge in [-0.25, -0.2) is 8.42 Å². The van der Waals surface area contributed by atoms with Gasteiger partial charge in [-0.15, -0.1) is 0 Å². The third-order valence-corrected chi connectivity index (χ3v) is 4.37. The van der Waals surface area contributed by atoms with Crippen LogP contribution < -0.4 is 0 Å². The van der Waals surface area contributed by atoms with Gasteiger partial charge in [0, 0.05) is 22.5 Å². The van der Waals surface area contributed by atoms with Crippen LogP contribution in [0, 0.1) is 26.9 Å². The Hall–Kier alpha value is -1.66. The van der Waals surface area contributed by atoms with Crippen molar-refractivity contribution in [2.75, 3.05) is 0 Å². The normalized spacial score (nSPS) is 16.8. The van der Waals surface area contributed by atoms with Crippen LogP contribution in [0.1, 0.15) is 19.3 Å². The molecule has 0 amide bonds. The summed E-state index contributed by atoms with van der Waals surface area (Å²) in [6, 6.07) is 2.05. The first-order valence-corrected chi connectivity index (χ1v) is 7.62. The Morgan fingerprint density at radius 1 is 1.63 bits per heavy atom. The molecule has 8 nitrogen and oxygen atoms in total. The zero-order valence-corrected chi connectivity index (χ0v) is 11.2. The largest absolute Gasteiger partial charge is 0.410 e. The Bertz CT molecular complexity index is 671. The SMILES string of the molecule is N#CCC1(Cn2cc(S(=O)(=O)Cl)c([N+](=O)[O-])n2)CC1. The second kappa shape index (κ2) is 4.47. The standard InChI is InChI=1S/C9H9ClN4O4S/c10-19(17,18)7-5-13(12-8(7)14(15)16)6-9(1-2-9)3-4-11/h5H,1-3,6H2.